The lowest BCUT2D eigenvalue weighted by Gasteiger charge is -2.19. The van der Waals surface area contributed by atoms with Gasteiger partial charge in [-0.1, -0.05) is 30.4 Å². The molecular formula is C15H21N. The summed E-state index contributed by atoms with van der Waals surface area (Å²) in [6, 6.07) is 6.51. The molecule has 1 fully saturated rings. The van der Waals surface area contributed by atoms with E-state index in [-0.39, 0.29) is 0 Å². The Labute approximate surface area is 98.6 Å². The van der Waals surface area contributed by atoms with E-state index in [0.29, 0.717) is 0 Å². The molecular weight excluding hydrogens is 194 g/mol. The van der Waals surface area contributed by atoms with Crippen molar-refractivity contribution in [2.24, 2.45) is 5.92 Å². The Hall–Kier alpha value is -1.08. The normalized spacial score (nSPS) is 18.1. The number of piperidine rings is 1. The van der Waals surface area contributed by atoms with Crippen LogP contribution in [-0.4, -0.2) is 13.1 Å². The predicted molar refractivity (Wildman–Crippen MR) is 70.5 cm³/mol. The summed E-state index contributed by atoms with van der Waals surface area (Å²) in [6.45, 7) is 6.72. The van der Waals surface area contributed by atoms with E-state index in [9.17, 15) is 0 Å². The lowest BCUT2D eigenvalue weighted by Crippen LogP contribution is -2.26. The molecule has 0 unspecified atom stereocenters. The summed E-state index contributed by atoms with van der Waals surface area (Å²) in [5.74, 6) is 0.764. The molecule has 1 heteroatoms. The molecule has 0 radical (unpaired) electrons. The number of hydrogen-bond acceptors (Lipinski definition) is 1. The average Bonchev–Trinajstić information content (AvgIpc) is 2.30. The molecule has 0 saturated carbocycles. The minimum Gasteiger partial charge on any atom is -0.317 e. The van der Waals surface area contributed by atoms with Crippen molar-refractivity contribution in [1.82, 2.24) is 5.32 Å². The smallest absolute Gasteiger partial charge is 0.00433 e. The standard InChI is InChI=1S/C15H21N/c1-12-4-3-5-13(2)15(12)7-6-14-8-10-16-11-9-14/h3-7,14,16H,8-11H2,1-2H3/b7-6+. The maximum absolute atomic E-state index is 3.40. The zero-order valence-corrected chi connectivity index (χ0v) is 10.3. The Morgan fingerprint density at radius 2 is 1.75 bits per heavy atom. The van der Waals surface area contributed by atoms with E-state index in [1.54, 1.807) is 0 Å². The second-order valence-corrected chi connectivity index (χ2v) is 4.75. The summed E-state index contributed by atoms with van der Waals surface area (Å²) >= 11 is 0. The number of rotatable bonds is 2. The van der Waals surface area contributed by atoms with Crippen LogP contribution in [-0.2, 0) is 0 Å². The molecule has 0 atom stereocenters. The van der Waals surface area contributed by atoms with Crippen molar-refractivity contribution in [3.8, 4) is 0 Å². The summed E-state index contributed by atoms with van der Waals surface area (Å²) < 4.78 is 0. The molecule has 86 valence electrons. The van der Waals surface area contributed by atoms with Crippen molar-refractivity contribution in [2.45, 2.75) is 26.7 Å². The molecule has 0 aromatic heterocycles. The zero-order valence-electron chi connectivity index (χ0n) is 10.3. The van der Waals surface area contributed by atoms with E-state index >= 15 is 0 Å². The SMILES string of the molecule is Cc1cccc(C)c1/C=C/C1CCNCC1. The summed E-state index contributed by atoms with van der Waals surface area (Å²) in [5, 5.41) is 3.40. The first-order chi connectivity index (χ1) is 7.77. The summed E-state index contributed by atoms with van der Waals surface area (Å²) in [5.41, 5.74) is 4.16. The van der Waals surface area contributed by atoms with Crippen LogP contribution in [0, 0.1) is 19.8 Å². The first kappa shape index (κ1) is 11.4. The third-order valence-electron chi connectivity index (χ3n) is 3.46. The van der Waals surface area contributed by atoms with Gasteiger partial charge >= 0.3 is 0 Å². The molecule has 0 amide bonds. The monoisotopic (exact) mass is 215 g/mol. The number of hydrogen-bond donors (Lipinski definition) is 1. The molecule has 1 aliphatic rings. The highest BCUT2D eigenvalue weighted by Crippen LogP contribution is 2.19. The Balaban J connectivity index is 2.10. The number of allylic oxidation sites excluding steroid dienone is 1. The predicted octanol–water partition coefficient (Wildman–Crippen LogP) is 3.32. The molecule has 1 N–H and O–H groups in total. The number of benzene rings is 1. The van der Waals surface area contributed by atoms with Gasteiger partial charge in [-0.2, -0.15) is 0 Å². The van der Waals surface area contributed by atoms with Gasteiger partial charge in [0.1, 0.15) is 0 Å². The van der Waals surface area contributed by atoms with E-state index in [1.807, 2.05) is 0 Å². The van der Waals surface area contributed by atoms with Crippen LogP contribution in [0.4, 0.5) is 0 Å². The van der Waals surface area contributed by atoms with E-state index in [1.165, 1.54) is 42.6 Å². The molecule has 1 nitrogen and oxygen atoms in total. The highest BCUT2D eigenvalue weighted by Gasteiger charge is 2.09. The van der Waals surface area contributed by atoms with Crippen LogP contribution in [0.25, 0.3) is 6.08 Å². The Bertz CT molecular complexity index is 353. The van der Waals surface area contributed by atoms with Crippen LogP contribution in [0.5, 0.6) is 0 Å². The maximum atomic E-state index is 3.40. The van der Waals surface area contributed by atoms with Gasteiger partial charge in [0.2, 0.25) is 0 Å². The largest absolute Gasteiger partial charge is 0.317 e. The zero-order chi connectivity index (χ0) is 11.4. The minimum absolute atomic E-state index is 0.764. The van der Waals surface area contributed by atoms with Crippen LogP contribution in [0.1, 0.15) is 29.5 Å². The van der Waals surface area contributed by atoms with E-state index in [4.69, 9.17) is 0 Å². The summed E-state index contributed by atoms with van der Waals surface area (Å²) in [6.07, 6.45) is 7.28. The van der Waals surface area contributed by atoms with Crippen molar-refractivity contribution < 1.29 is 0 Å². The molecule has 0 bridgehead atoms. The van der Waals surface area contributed by atoms with Crippen LogP contribution in [0.3, 0.4) is 0 Å². The van der Waals surface area contributed by atoms with Gasteiger partial charge in [-0.3, -0.25) is 0 Å². The second kappa shape index (κ2) is 5.31. The van der Waals surface area contributed by atoms with Gasteiger partial charge in [0.25, 0.3) is 0 Å². The molecule has 2 rings (SSSR count). The van der Waals surface area contributed by atoms with Crippen LogP contribution < -0.4 is 5.32 Å². The topological polar surface area (TPSA) is 12.0 Å². The lowest BCUT2D eigenvalue weighted by atomic mass is 9.95. The number of nitrogens with one attached hydrogen (secondary N) is 1. The van der Waals surface area contributed by atoms with Crippen molar-refractivity contribution >= 4 is 6.08 Å². The maximum Gasteiger partial charge on any atom is -0.00433 e. The van der Waals surface area contributed by atoms with Gasteiger partial charge in [-0.05, 0) is 62.4 Å². The van der Waals surface area contributed by atoms with Crippen molar-refractivity contribution in [1.29, 1.82) is 0 Å². The van der Waals surface area contributed by atoms with Gasteiger partial charge in [0.15, 0.2) is 0 Å². The minimum atomic E-state index is 0.764. The molecule has 1 aromatic rings. The van der Waals surface area contributed by atoms with Crippen molar-refractivity contribution in [3.63, 3.8) is 0 Å². The molecule has 1 saturated heterocycles. The number of aryl methyl sites for hydroxylation is 2. The van der Waals surface area contributed by atoms with Crippen LogP contribution in [0.2, 0.25) is 0 Å². The Morgan fingerprint density at radius 3 is 2.38 bits per heavy atom. The van der Waals surface area contributed by atoms with Gasteiger partial charge in [-0.25, -0.2) is 0 Å². The summed E-state index contributed by atoms with van der Waals surface area (Å²) in [4.78, 5) is 0. The average molecular weight is 215 g/mol. The third kappa shape index (κ3) is 2.73. The van der Waals surface area contributed by atoms with E-state index < -0.39 is 0 Å². The van der Waals surface area contributed by atoms with Gasteiger partial charge < -0.3 is 5.32 Å². The fourth-order valence-electron chi connectivity index (χ4n) is 2.36. The lowest BCUT2D eigenvalue weighted by molar-refractivity contribution is 0.438. The molecule has 1 aromatic carbocycles. The molecule has 1 aliphatic heterocycles. The van der Waals surface area contributed by atoms with Crippen molar-refractivity contribution in [3.05, 3.63) is 41.0 Å². The highest BCUT2D eigenvalue weighted by molar-refractivity contribution is 5.57. The van der Waals surface area contributed by atoms with E-state index in [2.05, 4.69) is 49.5 Å². The molecule has 16 heavy (non-hydrogen) atoms. The van der Waals surface area contributed by atoms with Crippen LogP contribution in [0.15, 0.2) is 24.3 Å². The first-order valence-electron chi connectivity index (χ1n) is 6.22. The molecule has 0 aliphatic carbocycles. The van der Waals surface area contributed by atoms with E-state index in [0.717, 1.165) is 5.92 Å². The summed E-state index contributed by atoms with van der Waals surface area (Å²) in [7, 11) is 0. The van der Waals surface area contributed by atoms with Crippen LogP contribution >= 0.6 is 0 Å². The van der Waals surface area contributed by atoms with Gasteiger partial charge in [0.05, 0.1) is 0 Å². The highest BCUT2D eigenvalue weighted by atomic mass is 14.9. The van der Waals surface area contributed by atoms with Gasteiger partial charge in [-0.15, -0.1) is 0 Å². The fraction of sp³-hybridized carbons (Fsp3) is 0.467. The quantitative estimate of drug-likeness (QED) is 0.798. The first-order valence-corrected chi connectivity index (χ1v) is 6.22. The Morgan fingerprint density at radius 1 is 1.12 bits per heavy atom. The molecule has 0 spiro atoms. The Kier molecular flexibility index (Phi) is 3.79. The van der Waals surface area contributed by atoms with Gasteiger partial charge in [0, 0.05) is 0 Å². The third-order valence-corrected chi connectivity index (χ3v) is 3.46. The fourth-order valence-corrected chi connectivity index (χ4v) is 2.36. The molecule has 1 heterocycles. The van der Waals surface area contributed by atoms with Crippen molar-refractivity contribution in [2.75, 3.05) is 13.1 Å². The second-order valence-electron chi connectivity index (χ2n) is 4.75.